The average molecular weight is 381 g/mol. The van der Waals surface area contributed by atoms with Crippen LogP contribution in [0.2, 0.25) is 0 Å². The molecular formula is C14H9FIN3O. The summed E-state index contributed by atoms with van der Waals surface area (Å²) in [7, 11) is 0. The lowest BCUT2D eigenvalue weighted by molar-refractivity contribution is 0.439. The van der Waals surface area contributed by atoms with E-state index in [1.54, 1.807) is 12.3 Å². The van der Waals surface area contributed by atoms with E-state index < -0.39 is 0 Å². The quantitative estimate of drug-likeness (QED) is 0.688. The number of hydrogen-bond acceptors (Lipinski definition) is 4. The third-order valence-corrected chi connectivity index (χ3v) is 3.72. The number of halogens is 2. The highest BCUT2D eigenvalue weighted by Gasteiger charge is 2.20. The van der Waals surface area contributed by atoms with Crippen LogP contribution in [0.15, 0.2) is 47.1 Å². The minimum Gasteiger partial charge on any atom is -0.367 e. The SMILES string of the molecule is Nc1onc(-c2ccc(F)cc2I)c1-c1ccccn1. The van der Waals surface area contributed by atoms with Gasteiger partial charge in [-0.2, -0.15) is 0 Å². The summed E-state index contributed by atoms with van der Waals surface area (Å²) >= 11 is 2.05. The van der Waals surface area contributed by atoms with Crippen molar-refractivity contribution in [2.45, 2.75) is 0 Å². The van der Waals surface area contributed by atoms with Crippen LogP contribution in [0.5, 0.6) is 0 Å². The largest absolute Gasteiger partial charge is 0.367 e. The third-order valence-electron chi connectivity index (χ3n) is 2.83. The highest BCUT2D eigenvalue weighted by Crippen LogP contribution is 2.36. The second-order valence-corrected chi connectivity index (χ2v) is 5.27. The number of nitrogens with zero attached hydrogens (tertiary/aromatic N) is 2. The first-order valence-electron chi connectivity index (χ1n) is 5.79. The lowest BCUT2D eigenvalue weighted by Gasteiger charge is -2.04. The van der Waals surface area contributed by atoms with Gasteiger partial charge in [-0.1, -0.05) is 11.2 Å². The van der Waals surface area contributed by atoms with Crippen molar-refractivity contribution >= 4 is 28.5 Å². The first-order chi connectivity index (χ1) is 9.66. The van der Waals surface area contributed by atoms with Crippen molar-refractivity contribution < 1.29 is 8.91 Å². The highest BCUT2D eigenvalue weighted by molar-refractivity contribution is 14.1. The molecule has 1 aromatic carbocycles. The van der Waals surface area contributed by atoms with Crippen LogP contribution in [-0.2, 0) is 0 Å². The van der Waals surface area contributed by atoms with Gasteiger partial charge in [0, 0.05) is 15.3 Å². The lowest BCUT2D eigenvalue weighted by Crippen LogP contribution is -1.91. The molecule has 0 radical (unpaired) electrons. The van der Waals surface area contributed by atoms with Crippen LogP contribution in [0.3, 0.4) is 0 Å². The topological polar surface area (TPSA) is 64.9 Å². The molecule has 20 heavy (non-hydrogen) atoms. The third kappa shape index (κ3) is 2.26. The molecule has 0 saturated carbocycles. The van der Waals surface area contributed by atoms with Crippen molar-refractivity contribution in [1.29, 1.82) is 0 Å². The number of hydrogen-bond donors (Lipinski definition) is 1. The Hall–Kier alpha value is -1.96. The Morgan fingerprint density at radius 2 is 2.05 bits per heavy atom. The number of rotatable bonds is 2. The molecule has 0 fully saturated rings. The van der Waals surface area contributed by atoms with Crippen molar-refractivity contribution in [3.05, 3.63) is 52.0 Å². The van der Waals surface area contributed by atoms with Crippen LogP contribution in [0, 0.1) is 9.39 Å². The first kappa shape index (κ1) is 13.0. The number of anilines is 1. The zero-order valence-corrected chi connectivity index (χ0v) is 12.3. The number of nitrogens with two attached hydrogens (primary N) is 1. The van der Waals surface area contributed by atoms with E-state index in [1.165, 1.54) is 12.1 Å². The molecule has 4 nitrogen and oxygen atoms in total. The maximum absolute atomic E-state index is 13.2. The van der Waals surface area contributed by atoms with Gasteiger partial charge in [-0.25, -0.2) is 4.39 Å². The first-order valence-corrected chi connectivity index (χ1v) is 6.86. The van der Waals surface area contributed by atoms with E-state index >= 15 is 0 Å². The van der Waals surface area contributed by atoms with E-state index in [9.17, 15) is 4.39 Å². The van der Waals surface area contributed by atoms with Crippen LogP contribution >= 0.6 is 22.6 Å². The summed E-state index contributed by atoms with van der Waals surface area (Å²) in [4.78, 5) is 4.26. The second kappa shape index (κ2) is 5.20. The number of nitrogen functional groups attached to an aromatic ring is 1. The summed E-state index contributed by atoms with van der Waals surface area (Å²) in [6, 6.07) is 9.96. The molecule has 0 aliphatic carbocycles. The molecule has 0 amide bonds. The van der Waals surface area contributed by atoms with Gasteiger partial charge in [0.25, 0.3) is 0 Å². The van der Waals surface area contributed by atoms with Gasteiger partial charge in [-0.3, -0.25) is 4.98 Å². The van der Waals surface area contributed by atoms with Gasteiger partial charge in [0.05, 0.1) is 11.3 Å². The van der Waals surface area contributed by atoms with Gasteiger partial charge in [0.15, 0.2) is 0 Å². The predicted molar refractivity (Wildman–Crippen MR) is 82.3 cm³/mol. The van der Waals surface area contributed by atoms with Gasteiger partial charge in [-0.15, -0.1) is 0 Å². The molecule has 3 rings (SSSR count). The minimum atomic E-state index is -0.297. The van der Waals surface area contributed by atoms with Gasteiger partial charge in [0.2, 0.25) is 5.88 Å². The molecule has 0 unspecified atom stereocenters. The van der Waals surface area contributed by atoms with E-state index in [1.807, 2.05) is 18.2 Å². The zero-order chi connectivity index (χ0) is 14.1. The molecule has 2 heterocycles. The van der Waals surface area contributed by atoms with Crippen molar-refractivity contribution in [2.75, 3.05) is 5.73 Å². The molecule has 0 bridgehead atoms. The summed E-state index contributed by atoms with van der Waals surface area (Å²) < 4.78 is 19.0. The summed E-state index contributed by atoms with van der Waals surface area (Å²) in [5.74, 6) is -0.104. The van der Waals surface area contributed by atoms with Crippen molar-refractivity contribution in [1.82, 2.24) is 10.1 Å². The Morgan fingerprint density at radius 3 is 2.75 bits per heavy atom. The second-order valence-electron chi connectivity index (χ2n) is 4.11. The summed E-state index contributed by atoms with van der Waals surface area (Å²) in [6.07, 6.45) is 1.67. The van der Waals surface area contributed by atoms with Gasteiger partial charge in [0.1, 0.15) is 11.5 Å². The average Bonchev–Trinajstić information content (AvgIpc) is 2.81. The molecule has 0 atom stereocenters. The van der Waals surface area contributed by atoms with Gasteiger partial charge >= 0.3 is 0 Å². The fraction of sp³-hybridized carbons (Fsp3) is 0. The fourth-order valence-corrected chi connectivity index (χ4v) is 2.66. The monoisotopic (exact) mass is 381 g/mol. The molecular weight excluding hydrogens is 372 g/mol. The molecule has 2 N–H and O–H groups in total. The fourth-order valence-electron chi connectivity index (χ4n) is 1.93. The van der Waals surface area contributed by atoms with Gasteiger partial charge in [-0.05, 0) is 52.9 Å². The van der Waals surface area contributed by atoms with Crippen LogP contribution in [0.4, 0.5) is 10.3 Å². The smallest absolute Gasteiger partial charge is 0.232 e. The van der Waals surface area contributed by atoms with E-state index in [4.69, 9.17) is 10.3 Å². The summed E-state index contributed by atoms with van der Waals surface area (Å²) in [6.45, 7) is 0. The zero-order valence-electron chi connectivity index (χ0n) is 10.2. The Kier molecular flexibility index (Phi) is 3.39. The molecule has 6 heteroatoms. The van der Waals surface area contributed by atoms with Crippen LogP contribution < -0.4 is 5.73 Å². The normalized spacial score (nSPS) is 10.7. The van der Waals surface area contributed by atoms with Crippen molar-refractivity contribution in [2.24, 2.45) is 0 Å². The van der Waals surface area contributed by atoms with Gasteiger partial charge < -0.3 is 10.3 Å². The molecule has 0 spiro atoms. The van der Waals surface area contributed by atoms with Crippen molar-refractivity contribution in [3.63, 3.8) is 0 Å². The molecule has 100 valence electrons. The number of pyridine rings is 1. The molecule has 0 aliphatic heterocycles. The standard InChI is InChI=1S/C14H9FIN3O/c15-8-4-5-9(10(16)7-8)13-12(14(17)20-19-13)11-3-1-2-6-18-11/h1-7H,17H2. The van der Waals surface area contributed by atoms with E-state index in [0.29, 0.717) is 17.0 Å². The molecule has 3 aromatic rings. The van der Waals surface area contributed by atoms with E-state index in [-0.39, 0.29) is 11.7 Å². The Balaban J connectivity index is 2.21. The highest BCUT2D eigenvalue weighted by atomic mass is 127. The molecule has 2 aromatic heterocycles. The van der Waals surface area contributed by atoms with Crippen molar-refractivity contribution in [3.8, 4) is 22.5 Å². The van der Waals surface area contributed by atoms with Crippen LogP contribution in [-0.4, -0.2) is 10.1 Å². The number of benzene rings is 1. The van der Waals surface area contributed by atoms with E-state index in [2.05, 4.69) is 32.7 Å². The Bertz CT molecular complexity index is 758. The summed E-state index contributed by atoms with van der Waals surface area (Å²) in [5.41, 5.74) is 8.45. The molecule has 0 saturated heterocycles. The number of aromatic nitrogens is 2. The Morgan fingerprint density at radius 1 is 1.20 bits per heavy atom. The van der Waals surface area contributed by atoms with Crippen LogP contribution in [0.25, 0.3) is 22.5 Å². The van der Waals surface area contributed by atoms with Crippen LogP contribution in [0.1, 0.15) is 0 Å². The summed E-state index contributed by atoms with van der Waals surface area (Å²) in [5, 5.41) is 3.99. The maximum atomic E-state index is 13.2. The predicted octanol–water partition coefficient (Wildman–Crippen LogP) is 3.73. The Labute approximate surface area is 127 Å². The minimum absolute atomic E-state index is 0.193. The van der Waals surface area contributed by atoms with E-state index in [0.717, 1.165) is 9.13 Å². The molecule has 0 aliphatic rings. The lowest BCUT2D eigenvalue weighted by atomic mass is 10.0. The maximum Gasteiger partial charge on any atom is 0.232 e.